The van der Waals surface area contributed by atoms with Gasteiger partial charge in [-0.1, -0.05) is 6.07 Å². The Labute approximate surface area is 148 Å². The van der Waals surface area contributed by atoms with Gasteiger partial charge in [0.25, 0.3) is 11.5 Å². The summed E-state index contributed by atoms with van der Waals surface area (Å²) in [6, 6.07) is 3.72. The summed E-state index contributed by atoms with van der Waals surface area (Å²) in [6.07, 6.45) is 3.39. The summed E-state index contributed by atoms with van der Waals surface area (Å²) >= 11 is 1.25. The molecule has 0 fully saturated rings. The number of aromatic nitrogens is 3. The fourth-order valence-electron chi connectivity index (χ4n) is 2.54. The molecule has 1 amide bonds. The second kappa shape index (κ2) is 7.12. The largest absolute Gasteiger partial charge is 0.347 e. The van der Waals surface area contributed by atoms with Gasteiger partial charge in [0.1, 0.15) is 10.7 Å². The van der Waals surface area contributed by atoms with Crippen LogP contribution < -0.4 is 10.9 Å². The highest BCUT2D eigenvalue weighted by Crippen LogP contribution is 2.27. The van der Waals surface area contributed by atoms with Crippen LogP contribution in [0, 0.1) is 6.92 Å². The van der Waals surface area contributed by atoms with Crippen LogP contribution in [0.1, 0.15) is 26.6 Å². The SMILES string of the molecule is Cc1c(C(=O)NCc2cccnc2)sc2nc(CN(C)C)[nH]c(=O)c12. The van der Waals surface area contributed by atoms with E-state index in [-0.39, 0.29) is 11.5 Å². The summed E-state index contributed by atoms with van der Waals surface area (Å²) in [4.78, 5) is 39.2. The van der Waals surface area contributed by atoms with Gasteiger partial charge in [-0.25, -0.2) is 4.98 Å². The number of thiophene rings is 1. The van der Waals surface area contributed by atoms with Crippen LogP contribution >= 0.6 is 11.3 Å². The zero-order chi connectivity index (χ0) is 18.0. The number of carbonyl (C=O) groups excluding carboxylic acids is 1. The van der Waals surface area contributed by atoms with E-state index in [0.29, 0.717) is 39.6 Å². The number of nitrogens with zero attached hydrogens (tertiary/aromatic N) is 3. The summed E-state index contributed by atoms with van der Waals surface area (Å²) in [5.41, 5.74) is 1.37. The van der Waals surface area contributed by atoms with Crippen LogP contribution in [0.25, 0.3) is 10.2 Å². The molecule has 3 aromatic heterocycles. The Kier molecular flexibility index (Phi) is 4.91. The van der Waals surface area contributed by atoms with Crippen LogP contribution in [0.4, 0.5) is 0 Å². The maximum absolute atomic E-state index is 12.5. The van der Waals surface area contributed by atoms with Crippen molar-refractivity contribution in [1.82, 2.24) is 25.2 Å². The number of hydrogen-bond acceptors (Lipinski definition) is 6. The molecule has 0 unspecified atom stereocenters. The minimum Gasteiger partial charge on any atom is -0.347 e. The number of H-pyrrole nitrogens is 1. The van der Waals surface area contributed by atoms with Gasteiger partial charge in [-0.05, 0) is 38.2 Å². The molecule has 2 N–H and O–H groups in total. The molecule has 7 nitrogen and oxygen atoms in total. The molecule has 3 rings (SSSR count). The van der Waals surface area contributed by atoms with Crippen molar-refractivity contribution >= 4 is 27.5 Å². The fourth-order valence-corrected chi connectivity index (χ4v) is 3.66. The number of fused-ring (bicyclic) bond motifs is 1. The molecule has 0 radical (unpaired) electrons. The highest BCUT2D eigenvalue weighted by molar-refractivity contribution is 7.20. The average Bonchev–Trinajstić information content (AvgIpc) is 2.90. The normalized spacial score (nSPS) is 11.2. The number of nitrogens with one attached hydrogen (secondary N) is 2. The van der Waals surface area contributed by atoms with Crippen molar-refractivity contribution in [2.24, 2.45) is 0 Å². The molecule has 0 saturated heterocycles. The number of carbonyl (C=O) groups is 1. The number of aromatic amines is 1. The molecule has 0 atom stereocenters. The second-order valence-electron chi connectivity index (χ2n) is 6.03. The topological polar surface area (TPSA) is 91.0 Å². The van der Waals surface area contributed by atoms with Gasteiger partial charge >= 0.3 is 0 Å². The highest BCUT2D eigenvalue weighted by Gasteiger charge is 2.19. The highest BCUT2D eigenvalue weighted by atomic mass is 32.1. The first-order valence-electron chi connectivity index (χ1n) is 7.80. The average molecular weight is 357 g/mol. The van der Waals surface area contributed by atoms with Gasteiger partial charge in [0.05, 0.1) is 16.8 Å². The summed E-state index contributed by atoms with van der Waals surface area (Å²) in [7, 11) is 3.81. The molecule has 0 bridgehead atoms. The van der Waals surface area contributed by atoms with Gasteiger partial charge in [-0.3, -0.25) is 14.6 Å². The maximum atomic E-state index is 12.5. The van der Waals surface area contributed by atoms with Gasteiger partial charge in [0.15, 0.2) is 0 Å². The van der Waals surface area contributed by atoms with E-state index < -0.39 is 0 Å². The molecule has 0 aromatic carbocycles. The summed E-state index contributed by atoms with van der Waals surface area (Å²) in [5, 5.41) is 3.35. The third kappa shape index (κ3) is 3.75. The Bertz CT molecular complexity index is 962. The molecule has 0 aliphatic rings. The first-order chi connectivity index (χ1) is 12.0. The van der Waals surface area contributed by atoms with Crippen LogP contribution in [0.15, 0.2) is 29.3 Å². The van der Waals surface area contributed by atoms with E-state index in [1.54, 1.807) is 19.3 Å². The Hall–Kier alpha value is -2.58. The minimum absolute atomic E-state index is 0.207. The first-order valence-corrected chi connectivity index (χ1v) is 8.61. The van der Waals surface area contributed by atoms with E-state index in [1.807, 2.05) is 31.1 Å². The predicted octanol–water partition coefficient (Wildman–Crippen LogP) is 1.68. The lowest BCUT2D eigenvalue weighted by Gasteiger charge is -2.07. The lowest BCUT2D eigenvalue weighted by atomic mass is 10.2. The molecule has 0 aliphatic heterocycles. The monoisotopic (exact) mass is 357 g/mol. The molecule has 130 valence electrons. The number of pyridine rings is 1. The van der Waals surface area contributed by atoms with Crippen LogP contribution in [0.5, 0.6) is 0 Å². The summed E-state index contributed by atoms with van der Waals surface area (Å²) in [5.74, 6) is 0.379. The van der Waals surface area contributed by atoms with Crippen molar-refractivity contribution in [1.29, 1.82) is 0 Å². The van der Waals surface area contributed by atoms with Crippen LogP contribution in [-0.4, -0.2) is 39.9 Å². The van der Waals surface area contributed by atoms with Crippen molar-refractivity contribution < 1.29 is 4.79 Å². The standard InChI is InChI=1S/C17H19N5O2S/c1-10-13-15(23)20-12(9-22(2)3)21-17(13)25-14(10)16(24)19-8-11-5-4-6-18-7-11/h4-7H,8-9H2,1-3H3,(H,19,24)(H,20,21,23). The third-order valence-corrected chi connectivity index (χ3v) is 4.88. The molecule has 3 aromatic rings. The number of hydrogen-bond donors (Lipinski definition) is 2. The fraction of sp³-hybridized carbons (Fsp3) is 0.294. The van der Waals surface area contributed by atoms with Crippen LogP contribution in [-0.2, 0) is 13.1 Å². The van der Waals surface area contributed by atoms with Crippen molar-refractivity contribution in [2.75, 3.05) is 14.1 Å². The van der Waals surface area contributed by atoms with E-state index in [0.717, 1.165) is 5.56 Å². The van der Waals surface area contributed by atoms with Gasteiger partial charge in [-0.15, -0.1) is 11.3 Å². The Morgan fingerprint density at radius 2 is 2.20 bits per heavy atom. The predicted molar refractivity (Wildman–Crippen MR) is 97.8 cm³/mol. The van der Waals surface area contributed by atoms with Crippen molar-refractivity contribution in [3.63, 3.8) is 0 Å². The molecule has 25 heavy (non-hydrogen) atoms. The molecule has 8 heteroatoms. The smallest absolute Gasteiger partial charge is 0.261 e. The van der Waals surface area contributed by atoms with E-state index >= 15 is 0 Å². The first kappa shape index (κ1) is 17.2. The summed E-state index contributed by atoms with van der Waals surface area (Å²) < 4.78 is 0. The van der Waals surface area contributed by atoms with Gasteiger partial charge in [0, 0.05) is 18.9 Å². The zero-order valence-electron chi connectivity index (χ0n) is 14.3. The zero-order valence-corrected chi connectivity index (χ0v) is 15.1. The van der Waals surface area contributed by atoms with Crippen LogP contribution in [0.2, 0.25) is 0 Å². The number of amides is 1. The third-order valence-electron chi connectivity index (χ3n) is 3.70. The van der Waals surface area contributed by atoms with Crippen molar-refractivity contribution in [3.05, 3.63) is 56.7 Å². The number of rotatable bonds is 5. The lowest BCUT2D eigenvalue weighted by Crippen LogP contribution is -2.22. The van der Waals surface area contributed by atoms with Crippen molar-refractivity contribution in [3.8, 4) is 0 Å². The number of aryl methyl sites for hydroxylation is 1. The molecule has 0 aliphatic carbocycles. The summed E-state index contributed by atoms with van der Waals surface area (Å²) in [6.45, 7) is 2.70. The molecular formula is C17H19N5O2S. The molecule has 3 heterocycles. The van der Waals surface area contributed by atoms with Crippen molar-refractivity contribution in [2.45, 2.75) is 20.0 Å². The molecule has 0 spiro atoms. The minimum atomic E-state index is -0.210. The van der Waals surface area contributed by atoms with Crippen LogP contribution in [0.3, 0.4) is 0 Å². The van der Waals surface area contributed by atoms with E-state index in [9.17, 15) is 9.59 Å². The Balaban J connectivity index is 1.88. The van der Waals surface area contributed by atoms with Gasteiger partial charge in [0.2, 0.25) is 0 Å². The lowest BCUT2D eigenvalue weighted by molar-refractivity contribution is 0.0954. The maximum Gasteiger partial charge on any atom is 0.261 e. The van der Waals surface area contributed by atoms with Gasteiger partial charge in [-0.2, -0.15) is 0 Å². The Morgan fingerprint density at radius 1 is 1.40 bits per heavy atom. The second-order valence-corrected chi connectivity index (χ2v) is 7.03. The Morgan fingerprint density at radius 3 is 2.88 bits per heavy atom. The molecular weight excluding hydrogens is 338 g/mol. The quantitative estimate of drug-likeness (QED) is 0.725. The van der Waals surface area contributed by atoms with E-state index in [1.165, 1.54) is 11.3 Å². The van der Waals surface area contributed by atoms with E-state index in [2.05, 4.69) is 20.3 Å². The van der Waals surface area contributed by atoms with E-state index in [4.69, 9.17) is 0 Å². The molecule has 0 saturated carbocycles. The van der Waals surface area contributed by atoms with Gasteiger partial charge < -0.3 is 15.2 Å².